The van der Waals surface area contributed by atoms with E-state index in [1.165, 1.54) is 4.88 Å². The molecule has 0 spiro atoms. The van der Waals surface area contributed by atoms with Gasteiger partial charge in [-0.25, -0.2) is 0 Å². The van der Waals surface area contributed by atoms with E-state index in [4.69, 9.17) is 0 Å². The third kappa shape index (κ3) is 3.26. The van der Waals surface area contributed by atoms with Crippen LogP contribution in [0, 0.1) is 5.41 Å². The van der Waals surface area contributed by atoms with Crippen molar-refractivity contribution in [2.24, 2.45) is 5.41 Å². The molecule has 0 aromatic carbocycles. The van der Waals surface area contributed by atoms with Crippen molar-refractivity contribution < 1.29 is 4.79 Å². The molecule has 0 atom stereocenters. The Morgan fingerprint density at radius 1 is 1.36 bits per heavy atom. The van der Waals surface area contributed by atoms with Crippen LogP contribution in [0.25, 0.3) is 0 Å². The van der Waals surface area contributed by atoms with Crippen LogP contribution in [-0.2, 0) is 6.42 Å². The number of carbonyl (C=O) groups excluding carboxylic acids is 1. The van der Waals surface area contributed by atoms with E-state index < -0.39 is 0 Å². The van der Waals surface area contributed by atoms with Gasteiger partial charge in [0.2, 0.25) is 0 Å². The monoisotopic (exact) mass is 210 g/mol. The van der Waals surface area contributed by atoms with Gasteiger partial charge in [0.25, 0.3) is 0 Å². The molecule has 78 valence electrons. The van der Waals surface area contributed by atoms with E-state index >= 15 is 0 Å². The number of aryl methyl sites for hydroxylation is 1. The Kier molecular flexibility index (Phi) is 3.48. The third-order valence-corrected chi connectivity index (χ3v) is 3.25. The standard InChI is InChI=1S/C12H18OS/c1-5-9-6-7-11(14-9)10(13)8-12(2,3)4/h6-7H,5,8H2,1-4H3. The lowest BCUT2D eigenvalue weighted by Gasteiger charge is -2.15. The van der Waals surface area contributed by atoms with Gasteiger partial charge in [0, 0.05) is 11.3 Å². The molecule has 0 amide bonds. The first kappa shape index (κ1) is 11.4. The molecule has 1 aromatic heterocycles. The highest BCUT2D eigenvalue weighted by Crippen LogP contribution is 2.25. The molecule has 0 aliphatic rings. The Bertz CT molecular complexity index is 317. The third-order valence-electron chi connectivity index (χ3n) is 1.98. The van der Waals surface area contributed by atoms with E-state index in [1.54, 1.807) is 11.3 Å². The summed E-state index contributed by atoms with van der Waals surface area (Å²) in [6.45, 7) is 8.40. The first-order chi connectivity index (χ1) is 6.42. The summed E-state index contributed by atoms with van der Waals surface area (Å²) >= 11 is 1.63. The molecule has 0 saturated carbocycles. The maximum Gasteiger partial charge on any atom is 0.173 e. The van der Waals surface area contributed by atoms with Gasteiger partial charge < -0.3 is 0 Å². The first-order valence-corrected chi connectivity index (χ1v) is 5.86. The van der Waals surface area contributed by atoms with Gasteiger partial charge in [-0.1, -0.05) is 27.7 Å². The molecule has 1 nitrogen and oxygen atoms in total. The van der Waals surface area contributed by atoms with Crippen LogP contribution in [0.5, 0.6) is 0 Å². The van der Waals surface area contributed by atoms with E-state index in [-0.39, 0.29) is 11.2 Å². The van der Waals surface area contributed by atoms with Crippen LogP contribution in [-0.4, -0.2) is 5.78 Å². The number of Topliss-reactive ketones (excluding diaryl/α,β-unsaturated/α-hetero) is 1. The first-order valence-electron chi connectivity index (χ1n) is 5.04. The smallest absolute Gasteiger partial charge is 0.173 e. The van der Waals surface area contributed by atoms with E-state index in [2.05, 4.69) is 33.8 Å². The fraction of sp³-hybridized carbons (Fsp3) is 0.583. The minimum absolute atomic E-state index is 0.0907. The van der Waals surface area contributed by atoms with Crippen LogP contribution in [0.1, 0.15) is 48.7 Å². The fourth-order valence-electron chi connectivity index (χ4n) is 1.29. The second-order valence-electron chi connectivity index (χ2n) is 4.78. The molecule has 1 aromatic rings. The summed E-state index contributed by atoms with van der Waals surface area (Å²) in [7, 11) is 0. The van der Waals surface area contributed by atoms with E-state index in [9.17, 15) is 4.79 Å². The minimum Gasteiger partial charge on any atom is -0.293 e. The molecule has 0 saturated heterocycles. The largest absolute Gasteiger partial charge is 0.293 e. The van der Waals surface area contributed by atoms with Gasteiger partial charge in [0.1, 0.15) is 0 Å². The molecule has 1 rings (SSSR count). The van der Waals surface area contributed by atoms with Crippen molar-refractivity contribution in [1.82, 2.24) is 0 Å². The zero-order valence-electron chi connectivity index (χ0n) is 9.39. The SMILES string of the molecule is CCc1ccc(C(=O)CC(C)(C)C)s1. The predicted molar refractivity (Wildman–Crippen MR) is 62.1 cm³/mol. The van der Waals surface area contributed by atoms with E-state index in [0.29, 0.717) is 6.42 Å². The summed E-state index contributed by atoms with van der Waals surface area (Å²) in [5.41, 5.74) is 0.0907. The Morgan fingerprint density at radius 2 is 2.00 bits per heavy atom. The van der Waals surface area contributed by atoms with Crippen molar-refractivity contribution in [3.8, 4) is 0 Å². The Balaban J connectivity index is 2.70. The van der Waals surface area contributed by atoms with Crippen LogP contribution >= 0.6 is 11.3 Å². The van der Waals surface area contributed by atoms with Crippen LogP contribution in [0.3, 0.4) is 0 Å². The number of hydrogen-bond acceptors (Lipinski definition) is 2. The fourth-order valence-corrected chi connectivity index (χ4v) is 2.17. The molecular weight excluding hydrogens is 192 g/mol. The number of ketones is 1. The molecule has 0 fully saturated rings. The van der Waals surface area contributed by atoms with Crippen LogP contribution in [0.2, 0.25) is 0 Å². The molecule has 0 radical (unpaired) electrons. The molecule has 0 unspecified atom stereocenters. The quantitative estimate of drug-likeness (QED) is 0.691. The lowest BCUT2D eigenvalue weighted by molar-refractivity contribution is 0.0944. The molecule has 0 bridgehead atoms. The summed E-state index contributed by atoms with van der Waals surface area (Å²) < 4.78 is 0. The van der Waals surface area contributed by atoms with Crippen molar-refractivity contribution >= 4 is 17.1 Å². The zero-order chi connectivity index (χ0) is 10.8. The maximum absolute atomic E-state index is 11.8. The van der Waals surface area contributed by atoms with Crippen molar-refractivity contribution in [3.05, 3.63) is 21.9 Å². The van der Waals surface area contributed by atoms with Crippen molar-refractivity contribution in [2.75, 3.05) is 0 Å². The second-order valence-corrected chi connectivity index (χ2v) is 5.95. The lowest BCUT2D eigenvalue weighted by atomic mass is 9.90. The van der Waals surface area contributed by atoms with E-state index in [0.717, 1.165) is 11.3 Å². The number of carbonyl (C=O) groups is 1. The molecule has 0 aliphatic carbocycles. The maximum atomic E-state index is 11.8. The molecule has 0 N–H and O–H groups in total. The van der Waals surface area contributed by atoms with E-state index in [1.807, 2.05) is 6.07 Å². The van der Waals surface area contributed by atoms with Crippen LogP contribution in [0.15, 0.2) is 12.1 Å². The highest BCUT2D eigenvalue weighted by Gasteiger charge is 2.18. The minimum atomic E-state index is 0.0907. The Hall–Kier alpha value is -0.630. The van der Waals surface area contributed by atoms with Crippen LogP contribution in [0.4, 0.5) is 0 Å². The molecular formula is C12H18OS. The van der Waals surface area contributed by atoms with Gasteiger partial charge in [-0.05, 0) is 24.0 Å². The molecule has 0 aliphatic heterocycles. The van der Waals surface area contributed by atoms with Crippen molar-refractivity contribution in [3.63, 3.8) is 0 Å². The molecule has 1 heterocycles. The highest BCUT2D eigenvalue weighted by atomic mass is 32.1. The van der Waals surface area contributed by atoms with Gasteiger partial charge in [-0.3, -0.25) is 4.79 Å². The Labute approximate surface area is 90.2 Å². The van der Waals surface area contributed by atoms with Gasteiger partial charge in [-0.2, -0.15) is 0 Å². The normalized spacial score (nSPS) is 11.7. The number of hydrogen-bond donors (Lipinski definition) is 0. The summed E-state index contributed by atoms with van der Waals surface area (Å²) in [5.74, 6) is 0.280. The average Bonchev–Trinajstić information content (AvgIpc) is 2.48. The average molecular weight is 210 g/mol. The number of thiophene rings is 1. The van der Waals surface area contributed by atoms with Crippen molar-refractivity contribution in [2.45, 2.75) is 40.5 Å². The summed E-state index contributed by atoms with van der Waals surface area (Å²) in [6.07, 6.45) is 1.66. The predicted octanol–water partition coefficient (Wildman–Crippen LogP) is 3.93. The summed E-state index contributed by atoms with van der Waals surface area (Å²) in [5, 5.41) is 0. The number of rotatable bonds is 3. The topological polar surface area (TPSA) is 17.1 Å². The summed E-state index contributed by atoms with van der Waals surface area (Å²) in [4.78, 5) is 14.0. The zero-order valence-corrected chi connectivity index (χ0v) is 10.2. The highest BCUT2D eigenvalue weighted by molar-refractivity contribution is 7.14. The molecule has 14 heavy (non-hydrogen) atoms. The van der Waals surface area contributed by atoms with Crippen molar-refractivity contribution in [1.29, 1.82) is 0 Å². The van der Waals surface area contributed by atoms with Crippen LogP contribution < -0.4 is 0 Å². The van der Waals surface area contributed by atoms with Gasteiger partial charge in [0.05, 0.1) is 4.88 Å². The van der Waals surface area contributed by atoms with Gasteiger partial charge in [0.15, 0.2) is 5.78 Å². The summed E-state index contributed by atoms with van der Waals surface area (Å²) in [6, 6.07) is 4.01. The lowest BCUT2D eigenvalue weighted by Crippen LogP contribution is -2.11. The van der Waals surface area contributed by atoms with Gasteiger partial charge in [-0.15, -0.1) is 11.3 Å². The van der Waals surface area contributed by atoms with Gasteiger partial charge >= 0.3 is 0 Å². The Morgan fingerprint density at radius 3 is 2.43 bits per heavy atom. The second kappa shape index (κ2) is 4.26. The molecule has 2 heteroatoms.